The lowest BCUT2D eigenvalue weighted by molar-refractivity contribution is 0.412. The summed E-state index contributed by atoms with van der Waals surface area (Å²) >= 11 is 0. The predicted molar refractivity (Wildman–Crippen MR) is 71.4 cm³/mol. The van der Waals surface area contributed by atoms with Crippen LogP contribution in [0.2, 0.25) is 0 Å². The standard InChI is InChI=1S/C14H22N2O/c1-17-13-9-5-6-11(10-15)14(13)16-12-7-3-2-4-8-12/h5-6,9,12,16H,2-4,7-8,10,15H2,1H3. The number of hydrogen-bond acceptors (Lipinski definition) is 3. The Kier molecular flexibility index (Phi) is 4.26. The van der Waals surface area contributed by atoms with Gasteiger partial charge in [-0.15, -0.1) is 0 Å². The van der Waals surface area contributed by atoms with Gasteiger partial charge >= 0.3 is 0 Å². The predicted octanol–water partition coefficient (Wildman–Crippen LogP) is 2.90. The Balaban J connectivity index is 2.16. The number of rotatable bonds is 4. The molecule has 17 heavy (non-hydrogen) atoms. The molecule has 1 aliphatic carbocycles. The summed E-state index contributed by atoms with van der Waals surface area (Å²) in [7, 11) is 1.71. The van der Waals surface area contributed by atoms with Crippen LogP contribution in [0, 0.1) is 0 Å². The zero-order chi connectivity index (χ0) is 12.1. The summed E-state index contributed by atoms with van der Waals surface area (Å²) in [5, 5.41) is 3.61. The molecule has 1 saturated carbocycles. The van der Waals surface area contributed by atoms with Crippen molar-refractivity contribution in [1.82, 2.24) is 0 Å². The molecule has 0 unspecified atom stereocenters. The van der Waals surface area contributed by atoms with Crippen LogP contribution in [-0.4, -0.2) is 13.2 Å². The quantitative estimate of drug-likeness (QED) is 0.842. The molecular weight excluding hydrogens is 212 g/mol. The van der Waals surface area contributed by atoms with Crippen molar-refractivity contribution in [2.75, 3.05) is 12.4 Å². The normalized spacial score (nSPS) is 16.8. The van der Waals surface area contributed by atoms with E-state index in [1.165, 1.54) is 32.1 Å². The molecule has 1 aromatic rings. The molecule has 3 N–H and O–H groups in total. The molecular formula is C14H22N2O. The molecule has 3 heteroatoms. The van der Waals surface area contributed by atoms with E-state index >= 15 is 0 Å². The van der Waals surface area contributed by atoms with Gasteiger partial charge in [0.2, 0.25) is 0 Å². The molecule has 1 fully saturated rings. The Morgan fingerprint density at radius 3 is 2.71 bits per heavy atom. The fourth-order valence-corrected chi connectivity index (χ4v) is 2.53. The van der Waals surface area contributed by atoms with Gasteiger partial charge in [0.15, 0.2) is 0 Å². The number of nitrogens with one attached hydrogen (secondary N) is 1. The molecule has 3 nitrogen and oxygen atoms in total. The molecule has 2 rings (SSSR count). The van der Waals surface area contributed by atoms with Crippen LogP contribution >= 0.6 is 0 Å². The van der Waals surface area contributed by atoms with Crippen LogP contribution in [0.15, 0.2) is 18.2 Å². The fraction of sp³-hybridized carbons (Fsp3) is 0.571. The number of methoxy groups -OCH3 is 1. The molecule has 94 valence electrons. The summed E-state index contributed by atoms with van der Waals surface area (Å²) in [6.07, 6.45) is 6.52. The van der Waals surface area contributed by atoms with Gasteiger partial charge in [-0.1, -0.05) is 31.4 Å². The highest BCUT2D eigenvalue weighted by atomic mass is 16.5. The fourth-order valence-electron chi connectivity index (χ4n) is 2.53. The Hall–Kier alpha value is -1.22. The van der Waals surface area contributed by atoms with Crippen molar-refractivity contribution in [1.29, 1.82) is 0 Å². The lowest BCUT2D eigenvalue weighted by Crippen LogP contribution is -2.23. The van der Waals surface area contributed by atoms with Crippen molar-refractivity contribution in [2.45, 2.75) is 44.7 Å². The zero-order valence-corrected chi connectivity index (χ0v) is 10.5. The smallest absolute Gasteiger partial charge is 0.142 e. The minimum atomic E-state index is 0.548. The third kappa shape index (κ3) is 2.91. The van der Waals surface area contributed by atoms with Crippen LogP contribution in [-0.2, 0) is 6.54 Å². The molecule has 0 aliphatic heterocycles. The maximum atomic E-state index is 5.78. The number of ether oxygens (including phenoxy) is 1. The monoisotopic (exact) mass is 234 g/mol. The first kappa shape index (κ1) is 12.2. The Morgan fingerprint density at radius 1 is 1.29 bits per heavy atom. The van der Waals surface area contributed by atoms with E-state index in [1.54, 1.807) is 7.11 Å². The number of para-hydroxylation sites is 1. The summed E-state index contributed by atoms with van der Waals surface area (Å²) in [5.41, 5.74) is 8.01. The second-order valence-electron chi connectivity index (χ2n) is 4.68. The first-order chi connectivity index (χ1) is 8.35. The first-order valence-electron chi connectivity index (χ1n) is 6.47. The van der Waals surface area contributed by atoms with Crippen molar-refractivity contribution in [3.63, 3.8) is 0 Å². The van der Waals surface area contributed by atoms with Crippen LogP contribution in [0.4, 0.5) is 5.69 Å². The molecule has 0 amide bonds. The average molecular weight is 234 g/mol. The summed E-state index contributed by atoms with van der Waals surface area (Å²) in [4.78, 5) is 0. The second kappa shape index (κ2) is 5.92. The van der Waals surface area contributed by atoms with Crippen LogP contribution in [0.3, 0.4) is 0 Å². The van der Waals surface area contributed by atoms with Crippen LogP contribution < -0.4 is 15.8 Å². The van der Waals surface area contributed by atoms with Gasteiger partial charge in [0.05, 0.1) is 12.8 Å². The zero-order valence-electron chi connectivity index (χ0n) is 10.5. The van der Waals surface area contributed by atoms with E-state index in [0.717, 1.165) is 17.0 Å². The summed E-state index contributed by atoms with van der Waals surface area (Å²) in [5.74, 6) is 0.901. The minimum Gasteiger partial charge on any atom is -0.495 e. The van der Waals surface area contributed by atoms with E-state index in [4.69, 9.17) is 10.5 Å². The topological polar surface area (TPSA) is 47.3 Å². The highest BCUT2D eigenvalue weighted by Crippen LogP contribution is 2.31. The van der Waals surface area contributed by atoms with Gasteiger partial charge < -0.3 is 15.8 Å². The molecule has 0 saturated heterocycles. The molecule has 1 aromatic carbocycles. The largest absolute Gasteiger partial charge is 0.495 e. The SMILES string of the molecule is COc1cccc(CN)c1NC1CCCCC1. The van der Waals surface area contributed by atoms with Crippen molar-refractivity contribution in [2.24, 2.45) is 5.73 Å². The van der Waals surface area contributed by atoms with E-state index in [0.29, 0.717) is 12.6 Å². The van der Waals surface area contributed by atoms with E-state index < -0.39 is 0 Å². The number of benzene rings is 1. The van der Waals surface area contributed by atoms with Gasteiger partial charge in [-0.3, -0.25) is 0 Å². The van der Waals surface area contributed by atoms with Gasteiger partial charge in [0, 0.05) is 12.6 Å². The third-order valence-electron chi connectivity index (χ3n) is 3.51. The summed E-state index contributed by atoms with van der Waals surface area (Å²) < 4.78 is 5.41. The Bertz CT molecular complexity index is 337. The summed E-state index contributed by atoms with van der Waals surface area (Å²) in [6, 6.07) is 6.62. The summed E-state index contributed by atoms with van der Waals surface area (Å²) in [6.45, 7) is 0.548. The van der Waals surface area contributed by atoms with Gasteiger partial charge in [-0.2, -0.15) is 0 Å². The molecule has 0 radical (unpaired) electrons. The highest BCUT2D eigenvalue weighted by molar-refractivity contribution is 5.62. The van der Waals surface area contributed by atoms with Gasteiger partial charge in [0.1, 0.15) is 5.75 Å². The molecule has 0 bridgehead atoms. The Labute approximate surface area is 103 Å². The molecule has 0 spiro atoms. The van der Waals surface area contributed by atoms with E-state index in [1.807, 2.05) is 12.1 Å². The van der Waals surface area contributed by atoms with Crippen molar-refractivity contribution < 1.29 is 4.74 Å². The molecule has 1 aliphatic rings. The first-order valence-corrected chi connectivity index (χ1v) is 6.47. The second-order valence-corrected chi connectivity index (χ2v) is 4.68. The minimum absolute atomic E-state index is 0.548. The van der Waals surface area contributed by atoms with Gasteiger partial charge in [0.25, 0.3) is 0 Å². The highest BCUT2D eigenvalue weighted by Gasteiger charge is 2.16. The van der Waals surface area contributed by atoms with Crippen molar-refractivity contribution in [3.05, 3.63) is 23.8 Å². The Morgan fingerprint density at radius 2 is 2.06 bits per heavy atom. The maximum absolute atomic E-state index is 5.78. The number of anilines is 1. The lowest BCUT2D eigenvalue weighted by atomic mass is 9.95. The average Bonchev–Trinajstić information content (AvgIpc) is 2.40. The lowest BCUT2D eigenvalue weighted by Gasteiger charge is -2.26. The number of hydrogen-bond donors (Lipinski definition) is 2. The van der Waals surface area contributed by atoms with E-state index in [2.05, 4.69) is 11.4 Å². The molecule has 0 aromatic heterocycles. The van der Waals surface area contributed by atoms with E-state index in [9.17, 15) is 0 Å². The molecule has 0 heterocycles. The molecule has 0 atom stereocenters. The van der Waals surface area contributed by atoms with Crippen LogP contribution in [0.1, 0.15) is 37.7 Å². The van der Waals surface area contributed by atoms with Crippen molar-refractivity contribution >= 4 is 5.69 Å². The maximum Gasteiger partial charge on any atom is 0.142 e. The van der Waals surface area contributed by atoms with Gasteiger partial charge in [-0.05, 0) is 24.5 Å². The van der Waals surface area contributed by atoms with Gasteiger partial charge in [-0.25, -0.2) is 0 Å². The third-order valence-corrected chi connectivity index (χ3v) is 3.51. The van der Waals surface area contributed by atoms with Crippen LogP contribution in [0.25, 0.3) is 0 Å². The van der Waals surface area contributed by atoms with Crippen molar-refractivity contribution in [3.8, 4) is 5.75 Å². The number of nitrogens with two attached hydrogens (primary N) is 1. The van der Waals surface area contributed by atoms with E-state index in [-0.39, 0.29) is 0 Å². The van der Waals surface area contributed by atoms with Crippen LogP contribution in [0.5, 0.6) is 5.75 Å².